The zero-order valence-electron chi connectivity index (χ0n) is 10.5. The molecule has 94 valence electrons. The second kappa shape index (κ2) is 7.96. The highest BCUT2D eigenvalue weighted by molar-refractivity contribution is 5.80. The summed E-state index contributed by atoms with van der Waals surface area (Å²) in [5, 5.41) is 5.14. The van der Waals surface area contributed by atoms with Gasteiger partial charge in [-0.2, -0.15) is 0 Å². The standard InChI is InChI=1S/C11H22N2O3/c1-5-16-10(14)7-13-11(15)12-6-9(4)8(2)3/h8-9H,5-7H2,1-4H3,(H2,12,13,15). The number of carbonyl (C=O) groups is 2. The number of hydrogen-bond acceptors (Lipinski definition) is 3. The summed E-state index contributed by atoms with van der Waals surface area (Å²) in [5.41, 5.74) is 0. The van der Waals surface area contributed by atoms with Crippen molar-refractivity contribution in [1.29, 1.82) is 0 Å². The first-order valence-electron chi connectivity index (χ1n) is 5.64. The third kappa shape index (κ3) is 7.09. The minimum absolute atomic E-state index is 0.0876. The molecule has 1 atom stereocenters. The number of hydrogen-bond donors (Lipinski definition) is 2. The number of esters is 1. The fraction of sp³-hybridized carbons (Fsp3) is 0.818. The van der Waals surface area contributed by atoms with E-state index in [0.29, 0.717) is 25.0 Å². The summed E-state index contributed by atoms with van der Waals surface area (Å²) in [7, 11) is 0. The van der Waals surface area contributed by atoms with Crippen LogP contribution in [0.1, 0.15) is 27.7 Å². The summed E-state index contributed by atoms with van der Waals surface area (Å²) < 4.78 is 4.67. The smallest absolute Gasteiger partial charge is 0.325 e. The first-order valence-corrected chi connectivity index (χ1v) is 5.64. The number of urea groups is 1. The van der Waals surface area contributed by atoms with E-state index in [0.717, 1.165) is 0 Å². The fourth-order valence-corrected chi connectivity index (χ4v) is 0.916. The van der Waals surface area contributed by atoms with Gasteiger partial charge in [0.2, 0.25) is 0 Å². The van der Waals surface area contributed by atoms with Gasteiger partial charge in [-0.3, -0.25) is 4.79 Å². The Morgan fingerprint density at radius 1 is 1.19 bits per heavy atom. The molecule has 2 N–H and O–H groups in total. The number of amides is 2. The molecule has 0 fully saturated rings. The highest BCUT2D eigenvalue weighted by Gasteiger charge is 2.09. The van der Waals surface area contributed by atoms with Gasteiger partial charge in [0.1, 0.15) is 6.54 Å². The van der Waals surface area contributed by atoms with Crippen molar-refractivity contribution in [3.63, 3.8) is 0 Å². The normalized spacial score (nSPS) is 12.1. The Hall–Kier alpha value is -1.26. The summed E-state index contributed by atoms with van der Waals surface area (Å²) in [4.78, 5) is 22.2. The molecular weight excluding hydrogens is 208 g/mol. The molecule has 0 aliphatic heterocycles. The van der Waals surface area contributed by atoms with Gasteiger partial charge >= 0.3 is 12.0 Å². The molecule has 0 aliphatic rings. The van der Waals surface area contributed by atoms with Gasteiger partial charge in [0.15, 0.2) is 0 Å². The van der Waals surface area contributed by atoms with Crippen molar-refractivity contribution >= 4 is 12.0 Å². The molecule has 0 bridgehead atoms. The number of rotatable bonds is 6. The van der Waals surface area contributed by atoms with Gasteiger partial charge < -0.3 is 15.4 Å². The van der Waals surface area contributed by atoms with E-state index in [1.165, 1.54) is 0 Å². The van der Waals surface area contributed by atoms with E-state index in [9.17, 15) is 9.59 Å². The van der Waals surface area contributed by atoms with Crippen LogP contribution >= 0.6 is 0 Å². The average Bonchev–Trinajstić information content (AvgIpc) is 2.23. The lowest BCUT2D eigenvalue weighted by molar-refractivity contribution is -0.141. The Kier molecular flexibility index (Phi) is 7.33. The van der Waals surface area contributed by atoms with Gasteiger partial charge in [-0.1, -0.05) is 20.8 Å². The first-order chi connectivity index (χ1) is 7.47. The minimum atomic E-state index is -0.422. The molecule has 0 aliphatic carbocycles. The summed E-state index contributed by atoms with van der Waals surface area (Å²) in [5.74, 6) is 0.508. The van der Waals surface area contributed by atoms with Crippen molar-refractivity contribution in [2.24, 2.45) is 11.8 Å². The van der Waals surface area contributed by atoms with Crippen molar-refractivity contribution in [2.75, 3.05) is 19.7 Å². The zero-order valence-corrected chi connectivity index (χ0v) is 10.5. The predicted octanol–water partition coefficient (Wildman–Crippen LogP) is 1.14. The Labute approximate surface area is 96.9 Å². The Balaban J connectivity index is 3.63. The maximum Gasteiger partial charge on any atom is 0.325 e. The summed E-state index contributed by atoms with van der Waals surface area (Å²) in [6.45, 7) is 8.83. The maximum atomic E-state index is 11.2. The largest absolute Gasteiger partial charge is 0.465 e. The molecule has 0 rings (SSSR count). The Morgan fingerprint density at radius 2 is 1.81 bits per heavy atom. The zero-order chi connectivity index (χ0) is 12.6. The second-order valence-corrected chi connectivity index (χ2v) is 4.09. The van der Waals surface area contributed by atoms with Crippen molar-refractivity contribution in [3.8, 4) is 0 Å². The highest BCUT2D eigenvalue weighted by Crippen LogP contribution is 2.07. The SMILES string of the molecule is CCOC(=O)CNC(=O)NCC(C)C(C)C. The molecule has 2 amide bonds. The topological polar surface area (TPSA) is 67.4 Å². The van der Waals surface area contributed by atoms with Crippen LogP contribution in [0.15, 0.2) is 0 Å². The molecule has 0 heterocycles. The van der Waals surface area contributed by atoms with Crippen LogP contribution in [0.25, 0.3) is 0 Å². The van der Waals surface area contributed by atoms with Crippen molar-refractivity contribution < 1.29 is 14.3 Å². The van der Waals surface area contributed by atoms with Gasteiger partial charge in [-0.25, -0.2) is 4.79 Å². The van der Waals surface area contributed by atoms with Gasteiger partial charge in [0.05, 0.1) is 6.61 Å². The van der Waals surface area contributed by atoms with Crippen LogP contribution < -0.4 is 10.6 Å². The van der Waals surface area contributed by atoms with E-state index in [1.807, 2.05) is 0 Å². The van der Waals surface area contributed by atoms with Crippen LogP contribution in [0, 0.1) is 11.8 Å². The quantitative estimate of drug-likeness (QED) is 0.672. The molecule has 0 saturated heterocycles. The maximum absolute atomic E-state index is 11.2. The minimum Gasteiger partial charge on any atom is -0.465 e. The van der Waals surface area contributed by atoms with E-state index >= 15 is 0 Å². The molecule has 0 spiro atoms. The monoisotopic (exact) mass is 230 g/mol. The molecule has 0 saturated carbocycles. The number of carbonyl (C=O) groups excluding carboxylic acids is 2. The molecule has 16 heavy (non-hydrogen) atoms. The van der Waals surface area contributed by atoms with Crippen molar-refractivity contribution in [2.45, 2.75) is 27.7 Å². The highest BCUT2D eigenvalue weighted by atomic mass is 16.5. The summed E-state index contributed by atoms with van der Waals surface area (Å²) in [6, 6.07) is -0.333. The molecule has 0 aromatic carbocycles. The Morgan fingerprint density at radius 3 is 2.31 bits per heavy atom. The van der Waals surface area contributed by atoms with E-state index in [-0.39, 0.29) is 12.6 Å². The van der Waals surface area contributed by atoms with E-state index in [2.05, 4.69) is 36.1 Å². The molecule has 0 aromatic rings. The average molecular weight is 230 g/mol. The van der Waals surface area contributed by atoms with E-state index in [4.69, 9.17) is 0 Å². The molecular formula is C11H22N2O3. The van der Waals surface area contributed by atoms with Crippen LogP contribution in [0.5, 0.6) is 0 Å². The van der Waals surface area contributed by atoms with Crippen LogP contribution in [0.2, 0.25) is 0 Å². The number of ether oxygens (including phenoxy) is 1. The molecule has 1 unspecified atom stereocenters. The lowest BCUT2D eigenvalue weighted by Gasteiger charge is -2.16. The first kappa shape index (κ1) is 14.7. The van der Waals surface area contributed by atoms with Crippen LogP contribution in [0.3, 0.4) is 0 Å². The van der Waals surface area contributed by atoms with Crippen LogP contribution in [0.4, 0.5) is 4.79 Å². The van der Waals surface area contributed by atoms with Crippen LogP contribution in [-0.2, 0) is 9.53 Å². The Bertz CT molecular complexity index is 229. The summed E-state index contributed by atoms with van der Waals surface area (Å²) >= 11 is 0. The predicted molar refractivity (Wildman–Crippen MR) is 62.0 cm³/mol. The lowest BCUT2D eigenvalue weighted by atomic mass is 9.98. The third-order valence-corrected chi connectivity index (χ3v) is 2.42. The third-order valence-electron chi connectivity index (χ3n) is 2.42. The van der Waals surface area contributed by atoms with E-state index in [1.54, 1.807) is 6.92 Å². The lowest BCUT2D eigenvalue weighted by Crippen LogP contribution is -2.41. The van der Waals surface area contributed by atoms with Gasteiger partial charge in [-0.15, -0.1) is 0 Å². The van der Waals surface area contributed by atoms with Crippen molar-refractivity contribution in [3.05, 3.63) is 0 Å². The molecule has 5 heteroatoms. The fourth-order valence-electron chi connectivity index (χ4n) is 0.916. The summed E-state index contributed by atoms with van der Waals surface area (Å²) in [6.07, 6.45) is 0. The van der Waals surface area contributed by atoms with Crippen LogP contribution in [-0.4, -0.2) is 31.7 Å². The van der Waals surface area contributed by atoms with Crippen molar-refractivity contribution in [1.82, 2.24) is 10.6 Å². The second-order valence-electron chi connectivity index (χ2n) is 4.09. The molecule has 5 nitrogen and oxygen atoms in total. The van der Waals surface area contributed by atoms with Gasteiger partial charge in [-0.05, 0) is 18.8 Å². The molecule has 0 radical (unpaired) electrons. The van der Waals surface area contributed by atoms with E-state index < -0.39 is 5.97 Å². The number of nitrogens with one attached hydrogen (secondary N) is 2. The molecule has 0 aromatic heterocycles. The van der Waals surface area contributed by atoms with Gasteiger partial charge in [0, 0.05) is 6.54 Å². The van der Waals surface area contributed by atoms with Gasteiger partial charge in [0.25, 0.3) is 0 Å².